The zero-order valence-corrected chi connectivity index (χ0v) is 6.28. The summed E-state index contributed by atoms with van der Waals surface area (Å²) in [6.07, 6.45) is 5.64. The fourth-order valence-electron chi connectivity index (χ4n) is 1.34. The van der Waals surface area contributed by atoms with Crippen molar-refractivity contribution in [3.8, 4) is 0 Å². The van der Waals surface area contributed by atoms with E-state index >= 15 is 0 Å². The Labute approximate surface area is 56.9 Å². The van der Waals surface area contributed by atoms with E-state index in [1.807, 2.05) is 0 Å². The van der Waals surface area contributed by atoms with Gasteiger partial charge in [-0.15, -0.1) is 0 Å². The van der Waals surface area contributed by atoms with Crippen molar-refractivity contribution in [1.82, 2.24) is 0 Å². The van der Waals surface area contributed by atoms with Gasteiger partial charge in [-0.3, -0.25) is 0 Å². The topological polar surface area (TPSA) is 26.0 Å². The molecule has 0 fully saturated rings. The van der Waals surface area contributed by atoms with Crippen molar-refractivity contribution >= 4 is 0 Å². The lowest BCUT2D eigenvalue weighted by Crippen LogP contribution is -2.33. The highest BCUT2D eigenvalue weighted by atomic mass is 14.7. The second-order valence-corrected chi connectivity index (χ2v) is 3.08. The summed E-state index contributed by atoms with van der Waals surface area (Å²) in [5, 5.41) is 0. The van der Waals surface area contributed by atoms with E-state index in [2.05, 4.69) is 19.9 Å². The van der Waals surface area contributed by atoms with Crippen LogP contribution >= 0.6 is 0 Å². The Bertz CT molecular complexity index is 138. The van der Waals surface area contributed by atoms with E-state index in [-0.39, 0.29) is 5.54 Å². The lowest BCUT2D eigenvalue weighted by Gasteiger charge is -2.18. The predicted molar refractivity (Wildman–Crippen MR) is 40.2 cm³/mol. The molecule has 2 N–H and O–H groups in total. The zero-order chi connectivity index (χ0) is 6.91. The van der Waals surface area contributed by atoms with Crippen LogP contribution in [0.2, 0.25) is 0 Å². The van der Waals surface area contributed by atoms with Crippen molar-refractivity contribution < 1.29 is 0 Å². The number of nitrogens with two attached hydrogens (primary N) is 1. The van der Waals surface area contributed by atoms with Gasteiger partial charge in [0, 0.05) is 5.54 Å². The lowest BCUT2D eigenvalue weighted by molar-refractivity contribution is 0.500. The SMILES string of the molecule is CCC1(N)C=C(C)CC1. The van der Waals surface area contributed by atoms with Gasteiger partial charge in [-0.1, -0.05) is 18.6 Å². The van der Waals surface area contributed by atoms with Crippen LogP contribution in [0.25, 0.3) is 0 Å². The molecular formula is C8H15N. The van der Waals surface area contributed by atoms with Crippen molar-refractivity contribution in [1.29, 1.82) is 0 Å². The van der Waals surface area contributed by atoms with Gasteiger partial charge in [-0.05, 0) is 26.2 Å². The first kappa shape index (κ1) is 6.81. The zero-order valence-electron chi connectivity index (χ0n) is 6.28. The maximum Gasteiger partial charge on any atom is 0.0342 e. The number of hydrogen-bond acceptors (Lipinski definition) is 1. The Morgan fingerprint density at radius 3 is 2.67 bits per heavy atom. The summed E-state index contributed by atoms with van der Waals surface area (Å²) < 4.78 is 0. The predicted octanol–water partition coefficient (Wildman–Crippen LogP) is 1.83. The molecule has 0 aromatic carbocycles. The van der Waals surface area contributed by atoms with Crippen LogP contribution in [0.4, 0.5) is 0 Å². The van der Waals surface area contributed by atoms with Crippen LogP contribution in [0.15, 0.2) is 11.6 Å². The van der Waals surface area contributed by atoms with Crippen molar-refractivity contribution in [2.75, 3.05) is 0 Å². The van der Waals surface area contributed by atoms with E-state index in [9.17, 15) is 0 Å². The molecule has 1 unspecified atom stereocenters. The summed E-state index contributed by atoms with van der Waals surface area (Å²) >= 11 is 0. The van der Waals surface area contributed by atoms with Crippen molar-refractivity contribution in [2.45, 2.75) is 38.6 Å². The standard InChI is InChI=1S/C8H15N/c1-3-8(9)5-4-7(2)6-8/h6H,3-5,9H2,1-2H3. The second kappa shape index (κ2) is 2.14. The summed E-state index contributed by atoms with van der Waals surface area (Å²) in [7, 11) is 0. The van der Waals surface area contributed by atoms with Gasteiger partial charge in [0.05, 0.1) is 0 Å². The molecule has 1 heteroatoms. The Hall–Kier alpha value is -0.300. The molecule has 1 aliphatic carbocycles. The Kier molecular flexibility index (Phi) is 1.62. The quantitative estimate of drug-likeness (QED) is 0.532. The molecule has 1 atom stereocenters. The molecule has 0 aromatic rings. The monoisotopic (exact) mass is 125 g/mol. The molecule has 9 heavy (non-hydrogen) atoms. The van der Waals surface area contributed by atoms with Crippen LogP contribution in [-0.2, 0) is 0 Å². The maximum absolute atomic E-state index is 5.97. The molecule has 0 amide bonds. The van der Waals surface area contributed by atoms with Crippen LogP contribution in [0.1, 0.15) is 33.1 Å². The Morgan fingerprint density at radius 1 is 1.78 bits per heavy atom. The van der Waals surface area contributed by atoms with E-state index in [0.717, 1.165) is 12.8 Å². The molecule has 0 heterocycles. The second-order valence-electron chi connectivity index (χ2n) is 3.08. The minimum absolute atomic E-state index is 0.0457. The van der Waals surface area contributed by atoms with Gasteiger partial charge in [0.2, 0.25) is 0 Å². The molecule has 1 aliphatic rings. The summed E-state index contributed by atoms with van der Waals surface area (Å²) in [4.78, 5) is 0. The molecule has 0 saturated heterocycles. The third-order valence-electron chi connectivity index (χ3n) is 2.18. The van der Waals surface area contributed by atoms with E-state index in [0.29, 0.717) is 0 Å². The van der Waals surface area contributed by atoms with Gasteiger partial charge >= 0.3 is 0 Å². The maximum atomic E-state index is 5.97. The van der Waals surface area contributed by atoms with Gasteiger partial charge in [0.1, 0.15) is 0 Å². The highest BCUT2D eigenvalue weighted by Gasteiger charge is 2.24. The first-order chi connectivity index (χ1) is 4.16. The summed E-state index contributed by atoms with van der Waals surface area (Å²) in [6.45, 7) is 4.30. The molecule has 52 valence electrons. The van der Waals surface area contributed by atoms with Crippen LogP contribution in [0, 0.1) is 0 Å². The van der Waals surface area contributed by atoms with Crippen LogP contribution in [0.3, 0.4) is 0 Å². The summed E-state index contributed by atoms with van der Waals surface area (Å²) in [6, 6.07) is 0. The summed E-state index contributed by atoms with van der Waals surface area (Å²) in [5.74, 6) is 0. The third-order valence-corrected chi connectivity index (χ3v) is 2.18. The van der Waals surface area contributed by atoms with Crippen molar-refractivity contribution in [3.63, 3.8) is 0 Å². The number of rotatable bonds is 1. The lowest BCUT2D eigenvalue weighted by atomic mass is 9.98. The van der Waals surface area contributed by atoms with Gasteiger partial charge < -0.3 is 5.73 Å². The van der Waals surface area contributed by atoms with Crippen LogP contribution < -0.4 is 5.73 Å². The first-order valence-corrected chi connectivity index (χ1v) is 3.63. The van der Waals surface area contributed by atoms with E-state index in [4.69, 9.17) is 5.73 Å². The fourth-order valence-corrected chi connectivity index (χ4v) is 1.34. The van der Waals surface area contributed by atoms with E-state index in [1.54, 1.807) is 0 Å². The highest BCUT2D eigenvalue weighted by molar-refractivity contribution is 5.18. The first-order valence-electron chi connectivity index (χ1n) is 3.63. The average Bonchev–Trinajstić information content (AvgIpc) is 2.13. The van der Waals surface area contributed by atoms with E-state index in [1.165, 1.54) is 12.0 Å². The fraction of sp³-hybridized carbons (Fsp3) is 0.750. The molecule has 1 nitrogen and oxygen atoms in total. The normalized spacial score (nSPS) is 34.8. The van der Waals surface area contributed by atoms with Crippen molar-refractivity contribution in [2.24, 2.45) is 5.73 Å². The molecule has 0 radical (unpaired) electrons. The van der Waals surface area contributed by atoms with E-state index < -0.39 is 0 Å². The molecule has 0 bridgehead atoms. The third kappa shape index (κ3) is 1.33. The molecule has 1 rings (SSSR count). The Morgan fingerprint density at radius 2 is 2.44 bits per heavy atom. The van der Waals surface area contributed by atoms with Crippen LogP contribution in [-0.4, -0.2) is 5.54 Å². The number of hydrogen-bond donors (Lipinski definition) is 1. The van der Waals surface area contributed by atoms with Gasteiger partial charge in [0.15, 0.2) is 0 Å². The highest BCUT2D eigenvalue weighted by Crippen LogP contribution is 2.27. The molecule has 0 spiro atoms. The van der Waals surface area contributed by atoms with Crippen LogP contribution in [0.5, 0.6) is 0 Å². The van der Waals surface area contributed by atoms with Gasteiger partial charge in [-0.25, -0.2) is 0 Å². The number of allylic oxidation sites excluding steroid dienone is 1. The largest absolute Gasteiger partial charge is 0.322 e. The minimum Gasteiger partial charge on any atom is -0.322 e. The Balaban J connectivity index is 2.64. The minimum atomic E-state index is 0.0457. The molecule has 0 aromatic heterocycles. The molecule has 0 saturated carbocycles. The average molecular weight is 125 g/mol. The smallest absolute Gasteiger partial charge is 0.0342 e. The van der Waals surface area contributed by atoms with Crippen molar-refractivity contribution in [3.05, 3.63) is 11.6 Å². The molecular weight excluding hydrogens is 110 g/mol. The van der Waals surface area contributed by atoms with Gasteiger partial charge in [-0.2, -0.15) is 0 Å². The van der Waals surface area contributed by atoms with Gasteiger partial charge in [0.25, 0.3) is 0 Å². The molecule has 0 aliphatic heterocycles. The summed E-state index contributed by atoms with van der Waals surface area (Å²) in [5.41, 5.74) is 7.48.